The molecule has 0 saturated heterocycles. The first-order valence-electron chi connectivity index (χ1n) is 7.72. The molecule has 1 unspecified atom stereocenters. The molecule has 3 rings (SSSR count). The second kappa shape index (κ2) is 7.67. The number of nitrogens with one attached hydrogen (secondary N) is 1. The standard InChI is InChI=1S/C18H20N4O/c23-12-11-17(15-7-3-1-4-8-15)19-13-18-20-14-22(21-18)16-9-5-2-6-10-16/h1-10,14,17,19,23H,11-13H2. The van der Waals surface area contributed by atoms with Crippen molar-refractivity contribution < 1.29 is 5.11 Å². The second-order valence-corrected chi connectivity index (χ2v) is 5.30. The van der Waals surface area contributed by atoms with Crippen molar-refractivity contribution in [1.29, 1.82) is 0 Å². The van der Waals surface area contributed by atoms with Gasteiger partial charge in [-0.1, -0.05) is 48.5 Å². The molecule has 0 aliphatic rings. The first-order valence-corrected chi connectivity index (χ1v) is 7.72. The van der Waals surface area contributed by atoms with Crippen LogP contribution in [0.3, 0.4) is 0 Å². The van der Waals surface area contributed by atoms with Crippen LogP contribution in [0.5, 0.6) is 0 Å². The highest BCUT2D eigenvalue weighted by Crippen LogP contribution is 2.16. The number of para-hydroxylation sites is 1. The van der Waals surface area contributed by atoms with E-state index < -0.39 is 0 Å². The molecular weight excluding hydrogens is 288 g/mol. The van der Waals surface area contributed by atoms with Gasteiger partial charge in [0.25, 0.3) is 0 Å². The fourth-order valence-electron chi connectivity index (χ4n) is 2.50. The van der Waals surface area contributed by atoms with E-state index in [4.69, 9.17) is 0 Å². The van der Waals surface area contributed by atoms with E-state index in [1.807, 2.05) is 48.5 Å². The van der Waals surface area contributed by atoms with Crippen molar-refractivity contribution in [2.24, 2.45) is 0 Å². The molecule has 0 aliphatic heterocycles. The number of aliphatic hydroxyl groups is 1. The van der Waals surface area contributed by atoms with Crippen molar-refractivity contribution in [3.63, 3.8) is 0 Å². The summed E-state index contributed by atoms with van der Waals surface area (Å²) in [5, 5.41) is 17.2. The lowest BCUT2D eigenvalue weighted by atomic mass is 10.0. The van der Waals surface area contributed by atoms with E-state index in [1.54, 1.807) is 11.0 Å². The minimum atomic E-state index is 0.0878. The van der Waals surface area contributed by atoms with Crippen LogP contribution in [0.4, 0.5) is 0 Å². The molecule has 1 aromatic heterocycles. The molecule has 5 heteroatoms. The molecule has 0 radical (unpaired) electrons. The zero-order valence-corrected chi connectivity index (χ0v) is 12.8. The first kappa shape index (κ1) is 15.4. The van der Waals surface area contributed by atoms with Crippen molar-refractivity contribution in [1.82, 2.24) is 20.1 Å². The third kappa shape index (κ3) is 4.03. The van der Waals surface area contributed by atoms with Gasteiger partial charge in [0.15, 0.2) is 5.82 Å². The Bertz CT molecular complexity index is 712. The van der Waals surface area contributed by atoms with E-state index in [1.165, 1.54) is 0 Å². The number of benzene rings is 2. The Hall–Kier alpha value is -2.50. The first-order chi connectivity index (χ1) is 11.4. The van der Waals surface area contributed by atoms with Gasteiger partial charge in [0, 0.05) is 12.6 Å². The largest absolute Gasteiger partial charge is 0.396 e. The summed E-state index contributed by atoms with van der Waals surface area (Å²) in [4.78, 5) is 4.35. The topological polar surface area (TPSA) is 63.0 Å². The van der Waals surface area contributed by atoms with Crippen molar-refractivity contribution in [3.8, 4) is 5.69 Å². The second-order valence-electron chi connectivity index (χ2n) is 5.30. The van der Waals surface area contributed by atoms with E-state index in [2.05, 4.69) is 27.5 Å². The van der Waals surface area contributed by atoms with Gasteiger partial charge in [-0.05, 0) is 24.1 Å². The van der Waals surface area contributed by atoms with Gasteiger partial charge in [0.1, 0.15) is 6.33 Å². The molecular formula is C18H20N4O. The van der Waals surface area contributed by atoms with Crippen LogP contribution in [0.15, 0.2) is 67.0 Å². The zero-order valence-electron chi connectivity index (χ0n) is 12.8. The summed E-state index contributed by atoms with van der Waals surface area (Å²) >= 11 is 0. The molecule has 0 saturated carbocycles. The lowest BCUT2D eigenvalue weighted by molar-refractivity contribution is 0.264. The molecule has 0 fully saturated rings. The molecule has 0 bridgehead atoms. The highest BCUT2D eigenvalue weighted by atomic mass is 16.3. The molecule has 2 aromatic carbocycles. The predicted molar refractivity (Wildman–Crippen MR) is 89.1 cm³/mol. The Morgan fingerprint density at radius 2 is 1.70 bits per heavy atom. The average Bonchev–Trinajstić information content (AvgIpc) is 3.09. The fraction of sp³-hybridized carbons (Fsp3) is 0.222. The van der Waals surface area contributed by atoms with Crippen molar-refractivity contribution in [2.45, 2.75) is 19.0 Å². The Balaban J connectivity index is 1.66. The summed E-state index contributed by atoms with van der Waals surface area (Å²) in [6, 6.07) is 20.1. The van der Waals surface area contributed by atoms with Crippen LogP contribution in [-0.2, 0) is 6.54 Å². The van der Waals surface area contributed by atoms with E-state index in [0.717, 1.165) is 17.1 Å². The third-order valence-corrected chi connectivity index (χ3v) is 3.69. The summed E-state index contributed by atoms with van der Waals surface area (Å²) in [5.41, 5.74) is 2.14. The monoisotopic (exact) mass is 308 g/mol. The van der Waals surface area contributed by atoms with Gasteiger partial charge in [-0.25, -0.2) is 9.67 Å². The van der Waals surface area contributed by atoms with Crippen LogP contribution in [-0.4, -0.2) is 26.5 Å². The highest BCUT2D eigenvalue weighted by Gasteiger charge is 2.11. The minimum Gasteiger partial charge on any atom is -0.396 e. The summed E-state index contributed by atoms with van der Waals surface area (Å²) < 4.78 is 1.76. The zero-order chi connectivity index (χ0) is 15.9. The Labute approximate surface area is 135 Å². The van der Waals surface area contributed by atoms with Crippen LogP contribution < -0.4 is 5.32 Å². The minimum absolute atomic E-state index is 0.0878. The Morgan fingerprint density at radius 1 is 1.00 bits per heavy atom. The van der Waals surface area contributed by atoms with Crippen LogP contribution in [0.25, 0.3) is 5.69 Å². The Morgan fingerprint density at radius 3 is 2.39 bits per heavy atom. The van der Waals surface area contributed by atoms with E-state index in [-0.39, 0.29) is 12.6 Å². The van der Waals surface area contributed by atoms with Gasteiger partial charge >= 0.3 is 0 Å². The summed E-state index contributed by atoms with van der Waals surface area (Å²) in [5.74, 6) is 0.729. The smallest absolute Gasteiger partial charge is 0.164 e. The molecule has 118 valence electrons. The number of rotatable bonds is 7. The molecule has 0 amide bonds. The molecule has 3 aromatic rings. The van der Waals surface area contributed by atoms with Gasteiger partial charge in [0.2, 0.25) is 0 Å². The third-order valence-electron chi connectivity index (χ3n) is 3.69. The van der Waals surface area contributed by atoms with Gasteiger partial charge in [-0.2, -0.15) is 0 Å². The van der Waals surface area contributed by atoms with Crippen LogP contribution in [0.1, 0.15) is 23.9 Å². The number of aromatic nitrogens is 3. The molecule has 2 N–H and O–H groups in total. The molecule has 0 aliphatic carbocycles. The summed E-state index contributed by atoms with van der Waals surface area (Å²) in [6.45, 7) is 0.692. The van der Waals surface area contributed by atoms with Gasteiger partial charge < -0.3 is 10.4 Å². The van der Waals surface area contributed by atoms with E-state index in [9.17, 15) is 5.11 Å². The lowest BCUT2D eigenvalue weighted by Crippen LogP contribution is -2.22. The van der Waals surface area contributed by atoms with Crippen molar-refractivity contribution >= 4 is 0 Å². The molecule has 0 spiro atoms. The van der Waals surface area contributed by atoms with Gasteiger partial charge in [0.05, 0.1) is 12.2 Å². The van der Waals surface area contributed by atoms with Crippen LogP contribution in [0, 0.1) is 0 Å². The quantitative estimate of drug-likeness (QED) is 0.704. The molecule has 1 heterocycles. The molecule has 1 atom stereocenters. The predicted octanol–water partition coefficient (Wildman–Crippen LogP) is 2.48. The maximum absolute atomic E-state index is 9.27. The van der Waals surface area contributed by atoms with E-state index >= 15 is 0 Å². The van der Waals surface area contributed by atoms with Crippen LogP contribution in [0.2, 0.25) is 0 Å². The molecule has 23 heavy (non-hydrogen) atoms. The number of nitrogens with zero attached hydrogens (tertiary/aromatic N) is 3. The number of aliphatic hydroxyl groups excluding tert-OH is 1. The maximum Gasteiger partial charge on any atom is 0.164 e. The SMILES string of the molecule is OCCC(NCc1ncn(-c2ccccc2)n1)c1ccccc1. The molecule has 5 nitrogen and oxygen atoms in total. The van der Waals surface area contributed by atoms with Gasteiger partial charge in [-0.3, -0.25) is 0 Å². The van der Waals surface area contributed by atoms with Gasteiger partial charge in [-0.15, -0.1) is 5.10 Å². The summed E-state index contributed by atoms with van der Waals surface area (Å²) in [7, 11) is 0. The van der Waals surface area contributed by atoms with Crippen LogP contribution >= 0.6 is 0 Å². The number of hydrogen-bond donors (Lipinski definition) is 2. The average molecular weight is 308 g/mol. The normalized spacial score (nSPS) is 12.2. The lowest BCUT2D eigenvalue weighted by Gasteiger charge is -2.17. The van der Waals surface area contributed by atoms with Crippen molar-refractivity contribution in [3.05, 3.63) is 78.4 Å². The Kier molecular flexibility index (Phi) is 5.13. The van der Waals surface area contributed by atoms with E-state index in [0.29, 0.717) is 13.0 Å². The fourth-order valence-corrected chi connectivity index (χ4v) is 2.50. The summed E-state index contributed by atoms with van der Waals surface area (Å²) in [6.07, 6.45) is 2.37. The number of hydrogen-bond acceptors (Lipinski definition) is 4. The van der Waals surface area contributed by atoms with Crippen molar-refractivity contribution in [2.75, 3.05) is 6.61 Å². The maximum atomic E-state index is 9.27. The highest BCUT2D eigenvalue weighted by molar-refractivity contribution is 5.29.